The van der Waals surface area contributed by atoms with Gasteiger partial charge in [-0.05, 0) is 82.9 Å². The summed E-state index contributed by atoms with van der Waals surface area (Å²) in [4.78, 5) is 13.1. The third-order valence-electron chi connectivity index (χ3n) is 7.06. The van der Waals surface area contributed by atoms with Crippen LogP contribution in [-0.2, 0) is 4.74 Å². The number of carbonyl (C=O) groups is 1. The van der Waals surface area contributed by atoms with Crippen LogP contribution in [0.5, 0.6) is 0 Å². The van der Waals surface area contributed by atoms with Crippen molar-refractivity contribution in [1.82, 2.24) is 15.1 Å². The number of rotatable bonds is 2. The quantitative estimate of drug-likeness (QED) is 0.792. The van der Waals surface area contributed by atoms with Gasteiger partial charge >= 0.3 is 0 Å². The molecular formula is C23H36N4O2. The fourth-order valence-corrected chi connectivity index (χ4v) is 4.89. The first-order chi connectivity index (χ1) is 14.0. The number of carbonyl (C=O) groups excluding carboxylic acids is 1. The Morgan fingerprint density at radius 3 is 2.62 bits per heavy atom. The van der Waals surface area contributed by atoms with Crippen LogP contribution >= 0.6 is 0 Å². The molecule has 0 bridgehead atoms. The van der Waals surface area contributed by atoms with E-state index in [2.05, 4.69) is 41.1 Å². The molecule has 1 saturated carbocycles. The zero-order valence-electron chi connectivity index (χ0n) is 18.2. The number of nitrogens with one attached hydrogen (secondary N) is 1. The van der Waals surface area contributed by atoms with Crippen molar-refractivity contribution in [3.8, 4) is 0 Å². The highest BCUT2D eigenvalue weighted by atomic mass is 16.5. The van der Waals surface area contributed by atoms with Crippen molar-refractivity contribution >= 4 is 5.91 Å². The van der Waals surface area contributed by atoms with Gasteiger partial charge in [-0.3, -0.25) is 14.8 Å². The summed E-state index contributed by atoms with van der Waals surface area (Å²) in [5, 5.41) is 6.10. The molecule has 6 heteroatoms. The summed E-state index contributed by atoms with van der Waals surface area (Å²) in [6, 6.07) is 0. The number of hydrogen-bond acceptors (Lipinski definition) is 4. The lowest BCUT2D eigenvalue weighted by Crippen LogP contribution is -2.63. The number of allylic oxidation sites excluding steroid dienone is 2. The Kier molecular flexibility index (Phi) is 7.30. The van der Waals surface area contributed by atoms with Crippen molar-refractivity contribution in [1.29, 1.82) is 0 Å². The van der Waals surface area contributed by atoms with Gasteiger partial charge in [-0.1, -0.05) is 17.7 Å². The van der Waals surface area contributed by atoms with Crippen molar-refractivity contribution in [3.05, 3.63) is 40.8 Å². The smallest absolute Gasteiger partial charge is 0.266 e. The molecule has 2 saturated heterocycles. The predicted octanol–water partition coefficient (Wildman–Crippen LogP) is 3.75. The molecule has 1 spiro atoms. The maximum absolute atomic E-state index is 10.4. The maximum Gasteiger partial charge on any atom is 0.266 e. The Labute approximate surface area is 174 Å². The first-order valence-electron chi connectivity index (χ1n) is 10.9. The molecule has 1 aliphatic carbocycles. The molecule has 1 aromatic heterocycles. The van der Waals surface area contributed by atoms with Crippen LogP contribution in [0.3, 0.4) is 0 Å². The van der Waals surface area contributed by atoms with E-state index in [1.165, 1.54) is 49.9 Å². The lowest BCUT2D eigenvalue weighted by Gasteiger charge is -2.58. The first kappa shape index (κ1) is 21.8. The highest BCUT2D eigenvalue weighted by Crippen LogP contribution is 2.57. The van der Waals surface area contributed by atoms with E-state index in [-0.39, 0.29) is 0 Å². The molecule has 3 aliphatic heterocycles. The first-order valence-corrected chi connectivity index (χ1v) is 10.9. The fraction of sp³-hybridized carbons (Fsp3) is 0.652. The number of aromatic nitrogens is 2. The van der Waals surface area contributed by atoms with Gasteiger partial charge in [0.15, 0.2) is 0 Å². The second kappa shape index (κ2) is 9.72. The zero-order chi connectivity index (χ0) is 20.9. The van der Waals surface area contributed by atoms with E-state index in [0.717, 1.165) is 43.1 Å². The second-order valence-corrected chi connectivity index (χ2v) is 8.51. The number of aryl methyl sites for hydroxylation is 1. The van der Waals surface area contributed by atoms with Gasteiger partial charge in [0, 0.05) is 12.1 Å². The third kappa shape index (κ3) is 4.81. The van der Waals surface area contributed by atoms with Gasteiger partial charge in [0.25, 0.3) is 5.91 Å². The Morgan fingerprint density at radius 2 is 2.17 bits per heavy atom. The van der Waals surface area contributed by atoms with Crippen LogP contribution in [0.4, 0.5) is 0 Å². The highest BCUT2D eigenvalue weighted by molar-refractivity contribution is 5.91. The molecule has 0 radical (unpaired) electrons. The third-order valence-corrected chi connectivity index (χ3v) is 7.06. The minimum absolute atomic E-state index is 0.384. The number of aromatic amines is 1. The van der Waals surface area contributed by atoms with Gasteiger partial charge in [-0.15, -0.1) is 0 Å². The molecule has 3 N–H and O–H groups in total. The summed E-state index contributed by atoms with van der Waals surface area (Å²) in [5.74, 6) is 0.663. The van der Waals surface area contributed by atoms with E-state index in [0.29, 0.717) is 5.69 Å². The van der Waals surface area contributed by atoms with Crippen LogP contribution in [-0.4, -0.2) is 52.8 Å². The fourth-order valence-electron chi connectivity index (χ4n) is 4.89. The van der Waals surface area contributed by atoms with E-state index >= 15 is 0 Å². The summed E-state index contributed by atoms with van der Waals surface area (Å²) in [6.07, 6.45) is 14.3. The number of nitrogens with two attached hydrogens (primary N) is 1. The number of ether oxygens (including phenoxy) is 1. The Hall–Kier alpha value is -1.92. The standard InChI is InChI=1S/C10H16O.C8H13N.C5H7N3O/c1-3-9(2)10-5-4-7-11-8-6-10;1-3-8-4-6-9(8)5-2-7(1)8;1-3-2-7-8-4(3)5(6)9/h3,5H,4,6-8H2,1-2H3;7H,1-6H2;2H,1H3,(H2,6,9)(H,7,8)/b9-3+;;. The van der Waals surface area contributed by atoms with E-state index < -0.39 is 5.91 Å². The van der Waals surface area contributed by atoms with Crippen LogP contribution in [0.15, 0.2) is 29.5 Å². The SMILES string of the molecule is C/C=C(\C)C1=CCCOCC1.C1CN2CCC23CCC13.Cc1cn[nH]c1C(N)=O. The summed E-state index contributed by atoms with van der Waals surface area (Å²) < 4.78 is 5.34. The van der Waals surface area contributed by atoms with Gasteiger partial charge < -0.3 is 10.5 Å². The highest BCUT2D eigenvalue weighted by Gasteiger charge is 2.59. The lowest BCUT2D eigenvalue weighted by molar-refractivity contribution is -0.0659. The normalized spacial score (nSPS) is 28.0. The molecular weight excluding hydrogens is 364 g/mol. The minimum atomic E-state index is -0.468. The summed E-state index contributed by atoms with van der Waals surface area (Å²) in [6.45, 7) is 10.6. The summed E-state index contributed by atoms with van der Waals surface area (Å²) in [7, 11) is 0. The van der Waals surface area contributed by atoms with E-state index in [4.69, 9.17) is 10.5 Å². The van der Waals surface area contributed by atoms with Crippen LogP contribution in [0.1, 0.15) is 68.4 Å². The van der Waals surface area contributed by atoms with Crippen LogP contribution < -0.4 is 5.73 Å². The molecule has 1 aromatic rings. The van der Waals surface area contributed by atoms with E-state index in [9.17, 15) is 4.79 Å². The van der Waals surface area contributed by atoms with Crippen molar-refractivity contribution in [2.24, 2.45) is 11.7 Å². The zero-order valence-corrected chi connectivity index (χ0v) is 18.2. The van der Waals surface area contributed by atoms with Gasteiger partial charge in [-0.25, -0.2) is 0 Å². The Bertz CT molecular complexity index is 747. The largest absolute Gasteiger partial charge is 0.381 e. The van der Waals surface area contributed by atoms with Crippen molar-refractivity contribution in [2.45, 2.75) is 64.8 Å². The molecule has 2 unspecified atom stereocenters. The molecule has 4 heterocycles. The number of H-pyrrole nitrogens is 1. The minimum Gasteiger partial charge on any atom is -0.381 e. The topological polar surface area (TPSA) is 84.2 Å². The monoisotopic (exact) mass is 400 g/mol. The average molecular weight is 401 g/mol. The molecule has 1 amide bonds. The van der Waals surface area contributed by atoms with Gasteiger partial charge in [0.05, 0.1) is 19.4 Å². The summed E-state index contributed by atoms with van der Waals surface area (Å²) >= 11 is 0. The molecule has 2 atom stereocenters. The van der Waals surface area contributed by atoms with Crippen LogP contribution in [0.25, 0.3) is 0 Å². The number of amides is 1. The molecule has 0 aromatic carbocycles. The molecule has 6 nitrogen and oxygen atoms in total. The lowest BCUT2D eigenvalue weighted by atomic mass is 9.62. The van der Waals surface area contributed by atoms with E-state index in [1.807, 2.05) is 0 Å². The van der Waals surface area contributed by atoms with E-state index in [1.54, 1.807) is 13.1 Å². The number of hydrogen-bond donors (Lipinski definition) is 2. The van der Waals surface area contributed by atoms with Gasteiger partial charge in [0.1, 0.15) is 5.69 Å². The van der Waals surface area contributed by atoms with Gasteiger partial charge in [0.2, 0.25) is 0 Å². The molecule has 160 valence electrons. The predicted molar refractivity (Wildman–Crippen MR) is 116 cm³/mol. The maximum atomic E-state index is 10.4. The molecule has 5 rings (SSSR count). The second-order valence-electron chi connectivity index (χ2n) is 8.51. The number of primary amides is 1. The van der Waals surface area contributed by atoms with Crippen molar-refractivity contribution in [2.75, 3.05) is 26.3 Å². The summed E-state index contributed by atoms with van der Waals surface area (Å²) in [5.41, 5.74) is 9.78. The Balaban J connectivity index is 0.000000125. The van der Waals surface area contributed by atoms with Gasteiger partial charge in [-0.2, -0.15) is 5.10 Å². The molecule has 3 fully saturated rings. The van der Waals surface area contributed by atoms with Crippen LogP contribution in [0.2, 0.25) is 0 Å². The molecule has 29 heavy (non-hydrogen) atoms. The van der Waals surface area contributed by atoms with Crippen molar-refractivity contribution < 1.29 is 9.53 Å². The molecule has 4 aliphatic rings. The Morgan fingerprint density at radius 1 is 1.34 bits per heavy atom. The average Bonchev–Trinajstić information content (AvgIpc) is 3.01. The number of nitrogens with zero attached hydrogens (tertiary/aromatic N) is 2. The van der Waals surface area contributed by atoms with Crippen molar-refractivity contribution in [3.63, 3.8) is 0 Å². The van der Waals surface area contributed by atoms with Crippen LogP contribution in [0, 0.1) is 12.8 Å².